The van der Waals surface area contributed by atoms with E-state index in [1.54, 1.807) is 55.5 Å². The van der Waals surface area contributed by atoms with E-state index in [1.165, 1.54) is 42.5 Å². The summed E-state index contributed by atoms with van der Waals surface area (Å²) in [4.78, 5) is 85.3. The lowest BCUT2D eigenvalue weighted by molar-refractivity contribution is 0.555. The van der Waals surface area contributed by atoms with Crippen molar-refractivity contribution < 1.29 is 14.4 Å². The molecule has 3 atom stereocenters. The molecule has 4 rings (SSSR count). The number of hydrogen-bond acceptors (Lipinski definition) is 9. The van der Waals surface area contributed by atoms with Crippen molar-refractivity contribution in [3.63, 3.8) is 0 Å². The fraction of sp³-hybridized carbons (Fsp3) is 0.250. The molecule has 0 amide bonds. The Kier molecular flexibility index (Phi) is 9.85. The van der Waals surface area contributed by atoms with Crippen LogP contribution in [-0.4, -0.2) is 31.9 Å². The third-order valence-corrected chi connectivity index (χ3v) is 7.29. The molecule has 12 heteroatoms. The van der Waals surface area contributed by atoms with Gasteiger partial charge in [0, 0.05) is 0 Å². The van der Waals surface area contributed by atoms with Crippen LogP contribution in [0.4, 0.5) is 0 Å². The van der Waals surface area contributed by atoms with E-state index >= 15 is 0 Å². The summed E-state index contributed by atoms with van der Waals surface area (Å²) in [6.45, 7) is 5.41. The molecule has 0 aliphatic rings. The number of aromatic nitrogens is 3. The van der Waals surface area contributed by atoms with E-state index in [0.717, 1.165) is 13.7 Å². The quantitative estimate of drug-likeness (QED) is 0.189. The smallest absolute Gasteiger partial charge is 0.246 e. The van der Waals surface area contributed by atoms with E-state index in [2.05, 4.69) is 15.0 Å². The molecule has 0 fully saturated rings. The topological polar surface area (TPSA) is 154 Å². The van der Waals surface area contributed by atoms with Crippen molar-refractivity contribution in [1.29, 1.82) is 0 Å². The minimum Gasteiger partial charge on any atom is -0.246 e. The first-order valence-electron chi connectivity index (χ1n) is 13.8. The molecule has 3 aromatic carbocycles. The average molecular weight is 593 g/mol. The third kappa shape index (κ3) is 6.18. The van der Waals surface area contributed by atoms with Crippen molar-refractivity contribution in [2.45, 2.75) is 51.7 Å². The van der Waals surface area contributed by atoms with E-state index in [9.17, 15) is 28.8 Å². The van der Waals surface area contributed by atoms with Crippen molar-refractivity contribution in [2.24, 2.45) is 15.0 Å². The van der Waals surface area contributed by atoms with Gasteiger partial charge in [0.15, 0.2) is 0 Å². The monoisotopic (exact) mass is 592 g/mol. The fourth-order valence-electron chi connectivity index (χ4n) is 4.88. The molecule has 0 spiro atoms. The third-order valence-electron chi connectivity index (χ3n) is 7.29. The number of aliphatic imine (C=N–C) groups is 3. The van der Waals surface area contributed by atoms with Crippen LogP contribution in [-0.2, 0) is 14.4 Å². The Morgan fingerprint density at radius 3 is 1.09 bits per heavy atom. The SMILES string of the molecule is CCC(N=C=O)c1ccc(-n2c(=O)n(-c3ccc(C(C)N=C=O)cc3)c(=O)n(-c3ccc(C(CC)N=C=O)cc3)c2=O)cc1. The summed E-state index contributed by atoms with van der Waals surface area (Å²) in [5.41, 5.74) is -0.150. The predicted molar refractivity (Wildman–Crippen MR) is 162 cm³/mol. The van der Waals surface area contributed by atoms with Crippen LogP contribution in [0.15, 0.2) is 102 Å². The number of hydrogen-bond donors (Lipinski definition) is 0. The zero-order chi connectivity index (χ0) is 31.8. The van der Waals surface area contributed by atoms with Crippen LogP contribution in [0, 0.1) is 0 Å². The van der Waals surface area contributed by atoms with Crippen LogP contribution in [0.3, 0.4) is 0 Å². The van der Waals surface area contributed by atoms with Crippen LogP contribution in [0.1, 0.15) is 68.4 Å². The van der Waals surface area contributed by atoms with Gasteiger partial charge in [-0.15, -0.1) is 0 Å². The van der Waals surface area contributed by atoms with Crippen LogP contribution in [0.25, 0.3) is 17.1 Å². The zero-order valence-corrected chi connectivity index (χ0v) is 24.2. The van der Waals surface area contributed by atoms with Gasteiger partial charge < -0.3 is 0 Å². The molecule has 4 aromatic rings. The molecule has 0 N–H and O–H groups in total. The van der Waals surface area contributed by atoms with Crippen molar-refractivity contribution in [3.8, 4) is 17.1 Å². The van der Waals surface area contributed by atoms with Crippen LogP contribution in [0.2, 0.25) is 0 Å². The minimum atomic E-state index is -0.906. The highest BCUT2D eigenvalue weighted by Gasteiger charge is 2.20. The minimum absolute atomic E-state index is 0.180. The van der Waals surface area contributed by atoms with Crippen LogP contribution >= 0.6 is 0 Å². The first kappa shape index (κ1) is 31.2. The second-order valence-corrected chi connectivity index (χ2v) is 9.81. The number of isocyanates is 3. The molecule has 0 radical (unpaired) electrons. The summed E-state index contributed by atoms with van der Waals surface area (Å²) in [5, 5.41) is 0. The van der Waals surface area contributed by atoms with Gasteiger partial charge >= 0.3 is 17.1 Å². The molecule has 0 saturated heterocycles. The van der Waals surface area contributed by atoms with E-state index in [-0.39, 0.29) is 17.1 Å². The molecule has 0 saturated carbocycles. The second-order valence-electron chi connectivity index (χ2n) is 9.81. The predicted octanol–water partition coefficient (Wildman–Crippen LogP) is 4.11. The summed E-state index contributed by atoms with van der Waals surface area (Å²) in [6.07, 6.45) is 5.69. The lowest BCUT2D eigenvalue weighted by Crippen LogP contribution is -2.52. The van der Waals surface area contributed by atoms with E-state index in [0.29, 0.717) is 29.5 Å². The molecule has 12 nitrogen and oxygen atoms in total. The Balaban J connectivity index is 1.97. The number of nitrogens with zero attached hydrogens (tertiary/aromatic N) is 6. The lowest BCUT2D eigenvalue weighted by Gasteiger charge is -2.16. The van der Waals surface area contributed by atoms with E-state index in [4.69, 9.17) is 0 Å². The Bertz CT molecular complexity index is 1860. The second kappa shape index (κ2) is 13.9. The maximum Gasteiger partial charge on any atom is 0.345 e. The molecule has 0 bridgehead atoms. The maximum atomic E-state index is 13.9. The largest absolute Gasteiger partial charge is 0.345 e. The first-order chi connectivity index (χ1) is 21.3. The van der Waals surface area contributed by atoms with Crippen molar-refractivity contribution in [3.05, 3.63) is 121 Å². The first-order valence-corrected chi connectivity index (χ1v) is 13.8. The maximum absolute atomic E-state index is 13.9. The lowest BCUT2D eigenvalue weighted by atomic mass is 10.0. The van der Waals surface area contributed by atoms with Gasteiger partial charge in [-0.05, 0) is 72.9 Å². The Morgan fingerprint density at radius 2 is 0.818 bits per heavy atom. The summed E-state index contributed by atoms with van der Waals surface area (Å²) >= 11 is 0. The Hall–Kier alpha value is -5.79. The standard InChI is InChI=1S/C32H28N6O6/c1-4-28(34-19-40)23-8-14-26(15-9-23)37-30(42)36(25-12-6-22(7-13-25)21(3)33-18-39)31(43)38(32(37)44)27-16-10-24(11-17-27)29(5-2)35-20-41/h6-17,21,28-29H,4-5H2,1-3H3. The zero-order valence-electron chi connectivity index (χ0n) is 24.2. The summed E-state index contributed by atoms with van der Waals surface area (Å²) in [6, 6.07) is 17.6. The van der Waals surface area contributed by atoms with Gasteiger partial charge in [0.25, 0.3) is 0 Å². The van der Waals surface area contributed by atoms with Crippen molar-refractivity contribution in [2.75, 3.05) is 0 Å². The number of rotatable bonds is 11. The number of carbonyl (C=O) groups excluding carboxylic acids is 3. The van der Waals surface area contributed by atoms with Crippen LogP contribution < -0.4 is 17.1 Å². The van der Waals surface area contributed by atoms with Gasteiger partial charge in [-0.1, -0.05) is 50.2 Å². The molecular formula is C32H28N6O6. The van der Waals surface area contributed by atoms with Gasteiger partial charge in [0.2, 0.25) is 18.2 Å². The molecule has 1 aromatic heterocycles. The van der Waals surface area contributed by atoms with Crippen LogP contribution in [0.5, 0.6) is 0 Å². The molecule has 0 aliphatic heterocycles. The molecule has 3 unspecified atom stereocenters. The Labute approximate surface area is 251 Å². The molecule has 0 aliphatic carbocycles. The molecule has 44 heavy (non-hydrogen) atoms. The molecule has 222 valence electrons. The highest BCUT2D eigenvalue weighted by atomic mass is 16.2. The summed E-state index contributed by atoms with van der Waals surface area (Å²) in [5.74, 6) is 0. The van der Waals surface area contributed by atoms with Gasteiger partial charge in [-0.25, -0.2) is 42.5 Å². The Morgan fingerprint density at radius 1 is 0.523 bits per heavy atom. The van der Waals surface area contributed by atoms with E-state index < -0.39 is 35.2 Å². The van der Waals surface area contributed by atoms with Gasteiger partial charge in [-0.3, -0.25) is 0 Å². The fourth-order valence-corrected chi connectivity index (χ4v) is 4.88. The molecular weight excluding hydrogens is 564 g/mol. The highest BCUT2D eigenvalue weighted by Crippen LogP contribution is 2.23. The van der Waals surface area contributed by atoms with Crippen molar-refractivity contribution in [1.82, 2.24) is 13.7 Å². The number of benzene rings is 3. The van der Waals surface area contributed by atoms with Gasteiger partial charge in [-0.2, -0.15) is 15.0 Å². The summed E-state index contributed by atoms with van der Waals surface area (Å²) in [7, 11) is 0. The molecule has 1 heterocycles. The van der Waals surface area contributed by atoms with Gasteiger partial charge in [0.05, 0.1) is 35.2 Å². The average Bonchev–Trinajstić information content (AvgIpc) is 3.03. The highest BCUT2D eigenvalue weighted by molar-refractivity contribution is 5.43. The van der Waals surface area contributed by atoms with Gasteiger partial charge in [0.1, 0.15) is 0 Å². The van der Waals surface area contributed by atoms with Crippen molar-refractivity contribution >= 4 is 18.2 Å². The normalized spacial score (nSPS) is 12.6. The summed E-state index contributed by atoms with van der Waals surface area (Å²) < 4.78 is 2.63. The van der Waals surface area contributed by atoms with E-state index in [1.807, 2.05) is 13.8 Å².